The van der Waals surface area contributed by atoms with Crippen molar-refractivity contribution in [3.63, 3.8) is 0 Å². The average molecular weight is 363 g/mol. The van der Waals surface area contributed by atoms with E-state index in [4.69, 9.17) is 0 Å². The van der Waals surface area contributed by atoms with Gasteiger partial charge in [0.25, 0.3) is 0 Å². The Bertz CT molecular complexity index is 476. The van der Waals surface area contributed by atoms with Gasteiger partial charge in [-0.3, -0.25) is 9.59 Å². The van der Waals surface area contributed by atoms with Gasteiger partial charge in [-0.25, -0.2) is 4.79 Å². The molecule has 24 heavy (non-hydrogen) atoms. The zero-order valence-corrected chi connectivity index (χ0v) is 13.4. The third-order valence-corrected chi connectivity index (χ3v) is 2.32. The van der Waals surface area contributed by atoms with Crippen molar-refractivity contribution in [2.45, 2.75) is 64.5 Å². The monoisotopic (exact) mass is 363 g/mol. The first kappa shape index (κ1) is 22.1. The van der Waals surface area contributed by atoms with E-state index in [1.54, 1.807) is 0 Å². The quantitative estimate of drug-likeness (QED) is 0.552. The molecule has 0 rings (SSSR count). The molecule has 0 aromatic carbocycles. The van der Waals surface area contributed by atoms with E-state index >= 15 is 0 Å². The maximum Gasteiger partial charge on any atom is 0.463 e. The Morgan fingerprint density at radius 1 is 0.917 bits per heavy atom. The minimum Gasteiger partial charge on any atom is -0.463 e. The van der Waals surface area contributed by atoms with Crippen LogP contribution in [0.2, 0.25) is 0 Å². The van der Waals surface area contributed by atoms with Crippen molar-refractivity contribution in [2.24, 2.45) is 0 Å². The maximum atomic E-state index is 13.0. The van der Waals surface area contributed by atoms with E-state index in [1.165, 1.54) is 33.0 Å². The number of nitrogens with one attached hydrogen (secondary N) is 1. The number of carbonyl (C=O) groups is 3. The largest absolute Gasteiger partial charge is 0.463 e. The lowest BCUT2D eigenvalue weighted by molar-refractivity contribution is -0.270. The molecule has 0 saturated carbocycles. The fourth-order valence-corrected chi connectivity index (χ4v) is 1.36. The highest BCUT2D eigenvalue weighted by Crippen LogP contribution is 2.35. The van der Waals surface area contributed by atoms with Gasteiger partial charge in [0.2, 0.25) is 0 Å². The lowest BCUT2D eigenvalue weighted by Gasteiger charge is -2.23. The van der Waals surface area contributed by atoms with Crippen molar-refractivity contribution in [1.29, 1.82) is 0 Å². The first-order valence-electron chi connectivity index (χ1n) is 6.84. The number of rotatable bonds is 7. The fourth-order valence-electron chi connectivity index (χ4n) is 1.36. The molecule has 0 aromatic heterocycles. The zero-order valence-electron chi connectivity index (χ0n) is 13.4. The first-order valence-corrected chi connectivity index (χ1v) is 6.84. The van der Waals surface area contributed by atoms with Gasteiger partial charge >= 0.3 is 29.9 Å². The van der Waals surface area contributed by atoms with Crippen molar-refractivity contribution >= 4 is 17.8 Å². The molecular weight excluding hydrogens is 345 g/mol. The summed E-state index contributed by atoms with van der Waals surface area (Å²) in [5, 5.41) is 1.19. The SMILES string of the molecule is CC(C)OC(=O)CC(NC(=O)C(F)(F)C(F)(F)F)C(=O)OC(C)C. The van der Waals surface area contributed by atoms with Crippen LogP contribution < -0.4 is 5.32 Å². The molecule has 0 fully saturated rings. The van der Waals surface area contributed by atoms with Gasteiger partial charge in [0.1, 0.15) is 6.04 Å². The third-order valence-electron chi connectivity index (χ3n) is 2.32. The highest BCUT2D eigenvalue weighted by atomic mass is 19.4. The van der Waals surface area contributed by atoms with Crippen LogP contribution in [0.25, 0.3) is 0 Å². The smallest absolute Gasteiger partial charge is 0.463 e. The number of amides is 1. The Morgan fingerprint density at radius 3 is 1.75 bits per heavy atom. The normalized spacial score (nSPS) is 13.6. The lowest BCUT2D eigenvalue weighted by atomic mass is 10.2. The summed E-state index contributed by atoms with van der Waals surface area (Å²) in [6, 6.07) is -2.04. The molecule has 0 saturated heterocycles. The number of carbonyl (C=O) groups excluding carboxylic acids is 3. The predicted octanol–water partition coefficient (Wildman–Crippen LogP) is 1.96. The standard InChI is InChI=1S/C13H18F5NO5/c1-6(2)23-9(20)5-8(10(21)24-7(3)4)19-11(22)12(14,15)13(16,17)18/h6-8H,5H2,1-4H3,(H,19,22). The van der Waals surface area contributed by atoms with Crippen LogP contribution in [-0.4, -0.2) is 48.2 Å². The number of hydrogen-bond acceptors (Lipinski definition) is 5. The summed E-state index contributed by atoms with van der Waals surface area (Å²) in [6.45, 7) is 5.67. The molecule has 0 aromatic rings. The second kappa shape index (κ2) is 8.25. The molecule has 0 heterocycles. The van der Waals surface area contributed by atoms with Crippen LogP contribution in [0.4, 0.5) is 22.0 Å². The first-order chi connectivity index (χ1) is 10.7. The molecule has 0 aliphatic rings. The third kappa shape index (κ3) is 6.67. The van der Waals surface area contributed by atoms with E-state index in [1.807, 2.05) is 0 Å². The Balaban J connectivity index is 5.23. The predicted molar refractivity (Wildman–Crippen MR) is 70.0 cm³/mol. The fraction of sp³-hybridized carbons (Fsp3) is 0.769. The molecule has 140 valence electrons. The second-order valence-corrected chi connectivity index (χ2v) is 5.33. The van der Waals surface area contributed by atoms with Crippen molar-refractivity contribution < 1.29 is 45.8 Å². The number of alkyl halides is 5. The van der Waals surface area contributed by atoms with E-state index in [0.29, 0.717) is 0 Å². The number of halogens is 5. The summed E-state index contributed by atoms with van der Waals surface area (Å²) in [4.78, 5) is 34.4. The van der Waals surface area contributed by atoms with E-state index in [2.05, 4.69) is 9.47 Å². The zero-order chi connectivity index (χ0) is 19.3. The molecule has 6 nitrogen and oxygen atoms in total. The van der Waals surface area contributed by atoms with E-state index in [-0.39, 0.29) is 0 Å². The number of ether oxygens (including phenoxy) is 2. The van der Waals surface area contributed by atoms with E-state index in [0.717, 1.165) is 0 Å². The van der Waals surface area contributed by atoms with Crippen molar-refractivity contribution in [3.05, 3.63) is 0 Å². The molecule has 1 unspecified atom stereocenters. The number of hydrogen-bond donors (Lipinski definition) is 1. The molecule has 0 aliphatic carbocycles. The van der Waals surface area contributed by atoms with Crippen molar-refractivity contribution in [1.82, 2.24) is 5.32 Å². The van der Waals surface area contributed by atoms with Crippen molar-refractivity contribution in [2.75, 3.05) is 0 Å². The minimum atomic E-state index is -6.15. The Hall–Kier alpha value is -1.94. The maximum absolute atomic E-state index is 13.0. The van der Waals surface area contributed by atoms with Crippen LogP contribution in [0.3, 0.4) is 0 Å². The van der Waals surface area contributed by atoms with E-state index in [9.17, 15) is 36.3 Å². The molecule has 0 aliphatic heterocycles. The van der Waals surface area contributed by atoms with Gasteiger partial charge in [-0.2, -0.15) is 22.0 Å². The van der Waals surface area contributed by atoms with Crippen LogP contribution in [0.1, 0.15) is 34.1 Å². The molecule has 1 amide bonds. The molecule has 0 bridgehead atoms. The Labute approximate surface area is 134 Å². The molecule has 1 N–H and O–H groups in total. The Kier molecular flexibility index (Phi) is 7.58. The lowest BCUT2D eigenvalue weighted by Crippen LogP contribution is -2.55. The van der Waals surface area contributed by atoms with Crippen LogP contribution >= 0.6 is 0 Å². The van der Waals surface area contributed by atoms with Crippen molar-refractivity contribution in [3.8, 4) is 0 Å². The van der Waals surface area contributed by atoms with Gasteiger partial charge in [0, 0.05) is 0 Å². The van der Waals surface area contributed by atoms with Crippen LogP contribution in [0.5, 0.6) is 0 Å². The van der Waals surface area contributed by atoms with Gasteiger partial charge in [-0.05, 0) is 27.7 Å². The molecule has 11 heteroatoms. The summed E-state index contributed by atoms with van der Waals surface area (Å²) in [5.74, 6) is -10.9. The summed E-state index contributed by atoms with van der Waals surface area (Å²) in [5.41, 5.74) is 0. The molecular formula is C13H18F5NO5. The minimum absolute atomic E-state index is 0.619. The van der Waals surface area contributed by atoms with Crippen LogP contribution in [0, 0.1) is 0 Å². The van der Waals surface area contributed by atoms with Gasteiger partial charge in [0.15, 0.2) is 0 Å². The number of esters is 2. The van der Waals surface area contributed by atoms with Gasteiger partial charge in [0.05, 0.1) is 18.6 Å². The second-order valence-electron chi connectivity index (χ2n) is 5.33. The topological polar surface area (TPSA) is 81.7 Å². The molecule has 0 radical (unpaired) electrons. The summed E-state index contributed by atoms with van der Waals surface area (Å²) in [6.07, 6.45) is -8.47. The summed E-state index contributed by atoms with van der Waals surface area (Å²) >= 11 is 0. The molecule has 0 spiro atoms. The van der Waals surface area contributed by atoms with Gasteiger partial charge < -0.3 is 14.8 Å². The highest BCUT2D eigenvalue weighted by Gasteiger charge is 2.63. The van der Waals surface area contributed by atoms with Crippen LogP contribution in [0.15, 0.2) is 0 Å². The molecule has 1 atom stereocenters. The summed E-state index contributed by atoms with van der Waals surface area (Å²) in [7, 11) is 0. The Morgan fingerprint density at radius 2 is 1.38 bits per heavy atom. The summed E-state index contributed by atoms with van der Waals surface area (Å²) < 4.78 is 71.7. The van der Waals surface area contributed by atoms with Gasteiger partial charge in [-0.15, -0.1) is 0 Å². The van der Waals surface area contributed by atoms with Crippen LogP contribution in [-0.2, 0) is 23.9 Å². The average Bonchev–Trinajstić information content (AvgIpc) is 2.34. The van der Waals surface area contributed by atoms with E-state index < -0.39 is 54.6 Å². The highest BCUT2D eigenvalue weighted by molar-refractivity contribution is 5.91. The van der Waals surface area contributed by atoms with Gasteiger partial charge in [-0.1, -0.05) is 0 Å².